The van der Waals surface area contributed by atoms with Gasteiger partial charge in [-0.15, -0.1) is 0 Å². The van der Waals surface area contributed by atoms with E-state index in [0.29, 0.717) is 25.2 Å². The van der Waals surface area contributed by atoms with Crippen LogP contribution < -0.4 is 0 Å². The predicted molar refractivity (Wildman–Crippen MR) is 98.4 cm³/mol. The molecule has 2 aliphatic heterocycles. The molecule has 0 N–H and O–H groups in total. The first-order valence-electron chi connectivity index (χ1n) is 9.12. The SMILES string of the molecule is Cc1cccc(CN2CC[C@]3(CCN(C(=O)c4cccnc4)C3)C2=O)c1. The maximum Gasteiger partial charge on any atom is 0.255 e. The van der Waals surface area contributed by atoms with Crippen LogP contribution in [0.5, 0.6) is 0 Å². The molecule has 0 bridgehead atoms. The number of likely N-dealkylation sites (tertiary alicyclic amines) is 2. The lowest BCUT2D eigenvalue weighted by molar-refractivity contribution is -0.135. The normalized spacial score (nSPS) is 22.4. The zero-order valence-electron chi connectivity index (χ0n) is 15.0. The predicted octanol–water partition coefficient (Wildman–Crippen LogP) is 2.65. The fourth-order valence-electron chi connectivity index (χ4n) is 4.17. The third-order valence-electron chi connectivity index (χ3n) is 5.61. The van der Waals surface area contributed by atoms with E-state index in [1.54, 1.807) is 24.5 Å². The van der Waals surface area contributed by atoms with Crippen LogP contribution in [-0.2, 0) is 11.3 Å². The Bertz CT molecular complexity index is 836. The lowest BCUT2D eigenvalue weighted by Crippen LogP contribution is -2.38. The zero-order chi connectivity index (χ0) is 18.1. The van der Waals surface area contributed by atoms with Crippen molar-refractivity contribution in [1.82, 2.24) is 14.8 Å². The van der Waals surface area contributed by atoms with Crippen molar-refractivity contribution in [3.63, 3.8) is 0 Å². The molecule has 4 rings (SSSR count). The first kappa shape index (κ1) is 16.8. The lowest BCUT2D eigenvalue weighted by Gasteiger charge is -2.24. The number of amides is 2. The minimum Gasteiger partial charge on any atom is -0.338 e. The van der Waals surface area contributed by atoms with Crippen molar-refractivity contribution in [3.8, 4) is 0 Å². The Morgan fingerprint density at radius 1 is 1.19 bits per heavy atom. The summed E-state index contributed by atoms with van der Waals surface area (Å²) in [5.74, 6) is 0.167. The molecule has 1 aromatic heterocycles. The summed E-state index contributed by atoms with van der Waals surface area (Å²) in [6.45, 7) is 4.64. The lowest BCUT2D eigenvalue weighted by atomic mass is 9.85. The van der Waals surface area contributed by atoms with Gasteiger partial charge in [-0.3, -0.25) is 14.6 Å². The molecule has 5 heteroatoms. The average Bonchev–Trinajstić information content (AvgIpc) is 3.22. The number of nitrogens with zero attached hydrogens (tertiary/aromatic N) is 3. The topological polar surface area (TPSA) is 53.5 Å². The quantitative estimate of drug-likeness (QED) is 0.856. The van der Waals surface area contributed by atoms with Crippen molar-refractivity contribution in [1.29, 1.82) is 0 Å². The second-order valence-corrected chi connectivity index (χ2v) is 7.46. The molecule has 2 fully saturated rings. The molecule has 2 saturated heterocycles. The second-order valence-electron chi connectivity index (χ2n) is 7.46. The largest absolute Gasteiger partial charge is 0.338 e. The van der Waals surface area contributed by atoms with Crippen molar-refractivity contribution in [3.05, 3.63) is 65.5 Å². The van der Waals surface area contributed by atoms with E-state index in [2.05, 4.69) is 30.1 Å². The van der Waals surface area contributed by atoms with E-state index in [-0.39, 0.29) is 11.8 Å². The van der Waals surface area contributed by atoms with E-state index in [0.717, 1.165) is 24.9 Å². The monoisotopic (exact) mass is 349 g/mol. The Balaban J connectivity index is 1.45. The molecule has 3 heterocycles. The van der Waals surface area contributed by atoms with E-state index in [1.165, 1.54) is 5.56 Å². The van der Waals surface area contributed by atoms with Gasteiger partial charge in [0.15, 0.2) is 0 Å². The van der Waals surface area contributed by atoms with E-state index in [9.17, 15) is 9.59 Å². The summed E-state index contributed by atoms with van der Waals surface area (Å²) in [6, 6.07) is 11.8. The molecule has 0 aliphatic carbocycles. The number of pyridine rings is 1. The summed E-state index contributed by atoms with van der Waals surface area (Å²) >= 11 is 0. The second kappa shape index (κ2) is 6.56. The maximum absolute atomic E-state index is 13.1. The van der Waals surface area contributed by atoms with Gasteiger partial charge in [0, 0.05) is 38.6 Å². The number of rotatable bonds is 3. The molecule has 0 radical (unpaired) electrons. The third-order valence-corrected chi connectivity index (χ3v) is 5.61. The van der Waals surface area contributed by atoms with Crippen LogP contribution in [0.15, 0.2) is 48.8 Å². The molecule has 2 aromatic rings. The average molecular weight is 349 g/mol. The Hall–Kier alpha value is -2.69. The van der Waals surface area contributed by atoms with Gasteiger partial charge in [0.25, 0.3) is 5.91 Å². The van der Waals surface area contributed by atoms with Crippen LogP contribution in [-0.4, -0.2) is 46.2 Å². The molecule has 2 aliphatic rings. The summed E-state index contributed by atoms with van der Waals surface area (Å²) in [5.41, 5.74) is 2.56. The molecular weight excluding hydrogens is 326 g/mol. The number of hydrogen-bond acceptors (Lipinski definition) is 3. The van der Waals surface area contributed by atoms with Crippen LogP contribution in [0, 0.1) is 12.3 Å². The minimum absolute atomic E-state index is 0.0279. The van der Waals surface area contributed by atoms with E-state index >= 15 is 0 Å². The summed E-state index contributed by atoms with van der Waals surface area (Å²) in [5, 5.41) is 0. The fourth-order valence-corrected chi connectivity index (χ4v) is 4.17. The van der Waals surface area contributed by atoms with Crippen LogP contribution in [0.3, 0.4) is 0 Å². The van der Waals surface area contributed by atoms with Gasteiger partial charge < -0.3 is 9.80 Å². The molecule has 26 heavy (non-hydrogen) atoms. The smallest absolute Gasteiger partial charge is 0.255 e. The van der Waals surface area contributed by atoms with Crippen LogP contribution in [0.4, 0.5) is 0 Å². The maximum atomic E-state index is 13.1. The first-order valence-corrected chi connectivity index (χ1v) is 9.12. The van der Waals surface area contributed by atoms with E-state index in [4.69, 9.17) is 0 Å². The first-order chi connectivity index (χ1) is 12.6. The van der Waals surface area contributed by atoms with Crippen LogP contribution in [0.1, 0.15) is 34.3 Å². The Morgan fingerprint density at radius 2 is 2.04 bits per heavy atom. The summed E-state index contributed by atoms with van der Waals surface area (Å²) < 4.78 is 0. The molecule has 1 atom stereocenters. The van der Waals surface area contributed by atoms with Crippen molar-refractivity contribution in [2.45, 2.75) is 26.3 Å². The number of carbonyl (C=O) groups excluding carboxylic acids is 2. The van der Waals surface area contributed by atoms with Crippen LogP contribution in [0.25, 0.3) is 0 Å². The van der Waals surface area contributed by atoms with Gasteiger partial charge in [0.05, 0.1) is 11.0 Å². The highest BCUT2D eigenvalue weighted by Gasteiger charge is 2.51. The van der Waals surface area contributed by atoms with Gasteiger partial charge in [-0.1, -0.05) is 29.8 Å². The standard InChI is InChI=1S/C21H23N3O2/c1-16-4-2-5-17(12-16)14-23-10-7-21(20(23)26)8-11-24(15-21)19(25)18-6-3-9-22-13-18/h2-6,9,12-13H,7-8,10-11,14-15H2,1H3/t21-/m1/s1. The molecule has 0 unspecified atom stereocenters. The van der Waals surface area contributed by atoms with Crippen molar-refractivity contribution < 1.29 is 9.59 Å². The third kappa shape index (κ3) is 2.98. The molecule has 1 spiro atoms. The van der Waals surface area contributed by atoms with Crippen molar-refractivity contribution >= 4 is 11.8 Å². The highest BCUT2D eigenvalue weighted by atomic mass is 16.2. The fraction of sp³-hybridized carbons (Fsp3) is 0.381. The van der Waals surface area contributed by atoms with Crippen LogP contribution >= 0.6 is 0 Å². The Morgan fingerprint density at radius 3 is 2.81 bits per heavy atom. The number of hydrogen-bond donors (Lipinski definition) is 0. The highest BCUT2D eigenvalue weighted by molar-refractivity contribution is 5.95. The summed E-state index contributed by atoms with van der Waals surface area (Å²) in [7, 11) is 0. The Labute approximate surface area is 153 Å². The number of carbonyl (C=O) groups is 2. The molecule has 134 valence electrons. The van der Waals surface area contributed by atoms with Crippen molar-refractivity contribution in [2.24, 2.45) is 5.41 Å². The zero-order valence-corrected chi connectivity index (χ0v) is 15.0. The molecule has 1 aromatic carbocycles. The number of aryl methyl sites for hydroxylation is 1. The van der Waals surface area contributed by atoms with Gasteiger partial charge in [0.1, 0.15) is 0 Å². The summed E-state index contributed by atoms with van der Waals surface area (Å²) in [6.07, 6.45) is 4.83. The van der Waals surface area contributed by atoms with Crippen molar-refractivity contribution in [2.75, 3.05) is 19.6 Å². The van der Waals surface area contributed by atoms with E-state index < -0.39 is 5.41 Å². The van der Waals surface area contributed by atoms with Gasteiger partial charge in [-0.05, 0) is 37.5 Å². The van der Waals surface area contributed by atoms with Gasteiger partial charge in [0.2, 0.25) is 5.91 Å². The van der Waals surface area contributed by atoms with Crippen LogP contribution in [0.2, 0.25) is 0 Å². The Kier molecular flexibility index (Phi) is 4.23. The number of benzene rings is 1. The van der Waals surface area contributed by atoms with E-state index in [1.807, 2.05) is 15.9 Å². The van der Waals surface area contributed by atoms with Gasteiger partial charge in [-0.2, -0.15) is 0 Å². The van der Waals surface area contributed by atoms with Gasteiger partial charge >= 0.3 is 0 Å². The molecular formula is C21H23N3O2. The molecule has 0 saturated carbocycles. The highest BCUT2D eigenvalue weighted by Crippen LogP contribution is 2.41. The molecule has 2 amide bonds. The van der Waals surface area contributed by atoms with Gasteiger partial charge in [-0.25, -0.2) is 0 Å². The number of aromatic nitrogens is 1. The minimum atomic E-state index is -0.401. The molecule has 5 nitrogen and oxygen atoms in total. The summed E-state index contributed by atoms with van der Waals surface area (Å²) in [4.78, 5) is 33.6.